The van der Waals surface area contributed by atoms with Gasteiger partial charge in [-0.25, -0.2) is 23.5 Å². The van der Waals surface area contributed by atoms with E-state index in [1.165, 1.54) is 35.9 Å². The number of benzene rings is 2. The fraction of sp³-hybridized carbons (Fsp3) is 0.273. The molecule has 0 fully saturated rings. The molecule has 2 aromatic carbocycles. The van der Waals surface area contributed by atoms with Crippen LogP contribution in [0.2, 0.25) is 10.0 Å². The quantitative estimate of drug-likeness (QED) is 0.343. The number of hydrogen-bond acceptors (Lipinski definition) is 5. The highest BCUT2D eigenvalue weighted by Gasteiger charge is 2.39. The van der Waals surface area contributed by atoms with E-state index >= 15 is 0 Å². The monoisotopic (exact) mass is 544 g/mol. The smallest absolute Gasteiger partial charge is 0.382 e. The van der Waals surface area contributed by atoms with E-state index in [4.69, 9.17) is 23.2 Å². The average Bonchev–Trinajstić information content (AvgIpc) is 3.36. The van der Waals surface area contributed by atoms with Crippen LogP contribution in [0.3, 0.4) is 0 Å². The molecule has 2 unspecified atom stereocenters. The number of para-hydroxylation sites is 1. The maximum absolute atomic E-state index is 14.3. The van der Waals surface area contributed by atoms with Crippen LogP contribution >= 0.6 is 23.2 Å². The van der Waals surface area contributed by atoms with Crippen molar-refractivity contribution in [3.63, 3.8) is 0 Å². The summed E-state index contributed by atoms with van der Waals surface area (Å²) in [7, 11) is 0. The summed E-state index contributed by atoms with van der Waals surface area (Å²) in [6.45, 7) is -0.223. The predicted molar refractivity (Wildman–Crippen MR) is 124 cm³/mol. The molecular weight excluding hydrogens is 527 g/mol. The number of alkyl halides is 4. The van der Waals surface area contributed by atoms with E-state index in [-0.39, 0.29) is 34.6 Å². The maximum atomic E-state index is 14.3. The number of aliphatic hydroxyl groups is 1. The Labute approximate surface area is 211 Å². The van der Waals surface area contributed by atoms with Crippen molar-refractivity contribution in [2.45, 2.75) is 38.5 Å². The molecule has 14 heteroatoms. The second-order valence-electron chi connectivity index (χ2n) is 7.80. The van der Waals surface area contributed by atoms with Crippen LogP contribution in [0.4, 0.5) is 17.6 Å². The second kappa shape index (κ2) is 10.0. The van der Waals surface area contributed by atoms with Crippen molar-refractivity contribution in [1.29, 1.82) is 0 Å². The van der Waals surface area contributed by atoms with E-state index in [1.807, 2.05) is 0 Å². The summed E-state index contributed by atoms with van der Waals surface area (Å²) in [6.07, 6.45) is -9.32. The largest absolute Gasteiger partial charge is 0.416 e. The van der Waals surface area contributed by atoms with Crippen LogP contribution in [0.15, 0.2) is 53.3 Å². The van der Waals surface area contributed by atoms with Gasteiger partial charge in [-0.15, -0.1) is 10.2 Å². The molecule has 2 heterocycles. The molecule has 4 rings (SSSR count). The molecule has 2 atom stereocenters. The van der Waals surface area contributed by atoms with Crippen LogP contribution in [-0.2, 0) is 13.1 Å². The number of aliphatic hydroxyl groups excluding tert-OH is 1. The lowest BCUT2D eigenvalue weighted by atomic mass is 10.2. The molecule has 8 nitrogen and oxygen atoms in total. The summed E-state index contributed by atoms with van der Waals surface area (Å²) < 4.78 is 56.2. The van der Waals surface area contributed by atoms with E-state index in [0.717, 1.165) is 4.68 Å². The highest BCUT2D eigenvalue weighted by atomic mass is 35.5. The van der Waals surface area contributed by atoms with Crippen molar-refractivity contribution in [3.05, 3.63) is 80.7 Å². The Bertz CT molecular complexity index is 1430. The van der Waals surface area contributed by atoms with Gasteiger partial charge in [-0.1, -0.05) is 35.3 Å². The van der Waals surface area contributed by atoms with Crippen molar-refractivity contribution in [1.82, 2.24) is 29.1 Å². The van der Waals surface area contributed by atoms with Gasteiger partial charge in [0.25, 0.3) is 0 Å². The summed E-state index contributed by atoms with van der Waals surface area (Å²) in [5.41, 5.74) is -0.310. The second-order valence-corrected chi connectivity index (χ2v) is 8.65. The number of nitrogens with zero attached hydrogens (tertiary/aromatic N) is 6. The summed E-state index contributed by atoms with van der Waals surface area (Å²) in [5, 5.41) is 18.7. The third kappa shape index (κ3) is 5.30. The number of hydrogen-bond donors (Lipinski definition) is 1. The van der Waals surface area contributed by atoms with Crippen LogP contribution < -0.4 is 5.69 Å². The lowest BCUT2D eigenvalue weighted by Crippen LogP contribution is -2.37. The van der Waals surface area contributed by atoms with Gasteiger partial charge < -0.3 is 5.11 Å². The number of aromatic nitrogens is 6. The molecule has 4 aromatic rings. The minimum absolute atomic E-state index is 0.0276. The minimum atomic E-state index is -4.96. The lowest BCUT2D eigenvalue weighted by Gasteiger charge is -2.15. The van der Waals surface area contributed by atoms with Crippen molar-refractivity contribution in [3.8, 4) is 17.1 Å². The number of halogens is 6. The molecule has 0 spiro atoms. The lowest BCUT2D eigenvalue weighted by molar-refractivity contribution is -0.207. The summed E-state index contributed by atoms with van der Waals surface area (Å²) in [5.74, 6) is -0.249. The van der Waals surface area contributed by atoms with Gasteiger partial charge in [0.2, 0.25) is 0 Å². The molecule has 0 saturated heterocycles. The van der Waals surface area contributed by atoms with Crippen LogP contribution in [-0.4, -0.2) is 46.5 Å². The average molecular weight is 545 g/mol. The molecule has 0 aliphatic rings. The van der Waals surface area contributed by atoms with E-state index in [2.05, 4.69) is 15.2 Å². The zero-order chi connectivity index (χ0) is 26.2. The zero-order valence-electron chi connectivity index (χ0n) is 18.5. The van der Waals surface area contributed by atoms with Gasteiger partial charge in [0.05, 0.1) is 17.3 Å². The SMILES string of the molecule is CC(F)c1nc(Cn2nc(-c3ccc(Cl)cc3)n(CC(O)C(F)(F)F)c2=O)nn1-c1ccccc1Cl. The molecule has 0 bridgehead atoms. The first kappa shape index (κ1) is 25.9. The van der Waals surface area contributed by atoms with Crippen molar-refractivity contribution in [2.75, 3.05) is 0 Å². The van der Waals surface area contributed by atoms with E-state index < -0.39 is 30.7 Å². The fourth-order valence-electron chi connectivity index (χ4n) is 3.43. The first-order chi connectivity index (χ1) is 17.0. The Kier molecular flexibility index (Phi) is 7.21. The molecule has 36 heavy (non-hydrogen) atoms. The van der Waals surface area contributed by atoms with Gasteiger partial charge in [-0.3, -0.25) is 4.57 Å². The van der Waals surface area contributed by atoms with E-state index in [9.17, 15) is 27.5 Å². The van der Waals surface area contributed by atoms with Crippen molar-refractivity contribution < 1.29 is 22.7 Å². The minimum Gasteiger partial charge on any atom is -0.382 e. The van der Waals surface area contributed by atoms with E-state index in [1.54, 1.807) is 24.3 Å². The first-order valence-electron chi connectivity index (χ1n) is 10.5. The maximum Gasteiger partial charge on any atom is 0.416 e. The van der Waals surface area contributed by atoms with Gasteiger partial charge in [0.1, 0.15) is 6.54 Å². The highest BCUT2D eigenvalue weighted by Crippen LogP contribution is 2.26. The third-order valence-electron chi connectivity index (χ3n) is 5.16. The Morgan fingerprint density at radius 1 is 1.06 bits per heavy atom. The molecule has 0 saturated carbocycles. The first-order valence-corrected chi connectivity index (χ1v) is 11.2. The molecule has 2 aromatic heterocycles. The highest BCUT2D eigenvalue weighted by molar-refractivity contribution is 6.32. The number of rotatable bonds is 7. The standard InChI is InChI=1S/C22H18Cl2F4N6O2/c1-12(25)19-29-18(30-34(19)16-5-3-2-4-15(16)24)11-33-21(36)32(10-17(35)22(26,27)28)20(31-33)13-6-8-14(23)9-7-13/h2-9,12,17,35H,10-11H2,1H3. The Morgan fingerprint density at radius 3 is 2.33 bits per heavy atom. The van der Waals surface area contributed by atoms with Gasteiger partial charge in [0, 0.05) is 10.6 Å². The molecule has 0 aliphatic heterocycles. The normalized spacial score (nSPS) is 13.7. The van der Waals surface area contributed by atoms with Crippen LogP contribution in [0.25, 0.3) is 17.1 Å². The molecule has 1 N–H and O–H groups in total. The molecule has 0 radical (unpaired) electrons. The summed E-state index contributed by atoms with van der Waals surface area (Å²) in [4.78, 5) is 17.2. The Morgan fingerprint density at radius 2 is 1.72 bits per heavy atom. The van der Waals surface area contributed by atoms with Crippen molar-refractivity contribution >= 4 is 23.2 Å². The molecule has 190 valence electrons. The zero-order valence-corrected chi connectivity index (χ0v) is 20.0. The van der Waals surface area contributed by atoms with Crippen LogP contribution in [0.5, 0.6) is 0 Å². The molecule has 0 aliphatic carbocycles. The summed E-state index contributed by atoms with van der Waals surface area (Å²) >= 11 is 12.1. The van der Waals surface area contributed by atoms with Crippen LogP contribution in [0, 0.1) is 0 Å². The Balaban J connectivity index is 1.78. The molecule has 0 amide bonds. The van der Waals surface area contributed by atoms with Gasteiger partial charge in [0.15, 0.2) is 29.7 Å². The Hall–Kier alpha value is -3.22. The topological polar surface area (TPSA) is 90.8 Å². The third-order valence-corrected chi connectivity index (χ3v) is 5.73. The van der Waals surface area contributed by atoms with Gasteiger partial charge in [-0.2, -0.15) is 13.2 Å². The van der Waals surface area contributed by atoms with Gasteiger partial charge in [-0.05, 0) is 43.3 Å². The van der Waals surface area contributed by atoms with Crippen molar-refractivity contribution in [2.24, 2.45) is 0 Å². The summed E-state index contributed by atoms with van der Waals surface area (Å²) in [6, 6.07) is 12.4. The predicted octanol–water partition coefficient (Wildman–Crippen LogP) is 4.60. The molecular formula is C22H18Cl2F4N6O2. The van der Waals surface area contributed by atoms with E-state index in [0.29, 0.717) is 15.3 Å². The fourth-order valence-corrected chi connectivity index (χ4v) is 3.77. The van der Waals surface area contributed by atoms with Gasteiger partial charge >= 0.3 is 11.9 Å². The van der Waals surface area contributed by atoms with Crippen LogP contribution in [0.1, 0.15) is 24.7 Å².